The van der Waals surface area contributed by atoms with Gasteiger partial charge in [-0.05, 0) is 18.6 Å². The van der Waals surface area contributed by atoms with Gasteiger partial charge in [0.2, 0.25) is 5.91 Å². The molecule has 1 N–H and O–H groups in total. The zero-order chi connectivity index (χ0) is 17.4. The first-order valence-electron chi connectivity index (χ1n) is 9.00. The van der Waals surface area contributed by atoms with Crippen molar-refractivity contribution in [1.29, 1.82) is 5.26 Å². The summed E-state index contributed by atoms with van der Waals surface area (Å²) in [7, 11) is 0. The van der Waals surface area contributed by atoms with Crippen LogP contribution in [0.25, 0.3) is 0 Å². The van der Waals surface area contributed by atoms with Gasteiger partial charge in [0.05, 0.1) is 24.7 Å². The number of carbonyl (C=O) groups is 1. The van der Waals surface area contributed by atoms with Crippen molar-refractivity contribution in [2.24, 2.45) is 5.92 Å². The van der Waals surface area contributed by atoms with Crippen LogP contribution in [0.15, 0.2) is 24.3 Å². The predicted molar refractivity (Wildman–Crippen MR) is 94.1 cm³/mol. The molecule has 0 aliphatic carbocycles. The molecule has 3 aliphatic rings. The van der Waals surface area contributed by atoms with Crippen molar-refractivity contribution in [2.75, 3.05) is 51.2 Å². The van der Waals surface area contributed by atoms with E-state index in [0.29, 0.717) is 13.1 Å². The highest BCUT2D eigenvalue weighted by molar-refractivity contribution is 6.07. The molecular formula is C19H24N4O2. The van der Waals surface area contributed by atoms with Crippen molar-refractivity contribution < 1.29 is 9.53 Å². The molecule has 0 radical (unpaired) electrons. The number of ether oxygens (including phenoxy) is 1. The summed E-state index contributed by atoms with van der Waals surface area (Å²) in [5.74, 6) is -0.331. The van der Waals surface area contributed by atoms with Crippen molar-refractivity contribution >= 4 is 11.6 Å². The molecule has 0 saturated carbocycles. The number of amides is 1. The summed E-state index contributed by atoms with van der Waals surface area (Å²) in [5, 5.41) is 12.7. The van der Waals surface area contributed by atoms with Gasteiger partial charge in [-0.25, -0.2) is 0 Å². The molecule has 6 heteroatoms. The van der Waals surface area contributed by atoms with Crippen LogP contribution in [-0.4, -0.2) is 67.7 Å². The number of para-hydroxylation sites is 1. The van der Waals surface area contributed by atoms with Crippen LogP contribution in [0.1, 0.15) is 12.5 Å². The molecule has 4 rings (SSSR count). The van der Waals surface area contributed by atoms with E-state index < -0.39 is 5.41 Å². The molecule has 0 aromatic heterocycles. The lowest BCUT2D eigenvalue weighted by Gasteiger charge is -2.32. The average Bonchev–Trinajstić information content (AvgIpc) is 3.13. The summed E-state index contributed by atoms with van der Waals surface area (Å²) in [4.78, 5) is 17.5. The third-order valence-corrected chi connectivity index (χ3v) is 5.78. The number of carbonyl (C=O) groups excluding carboxylic acids is 1. The lowest BCUT2D eigenvalue weighted by molar-refractivity contribution is -0.121. The minimum absolute atomic E-state index is 0.0252. The summed E-state index contributed by atoms with van der Waals surface area (Å²) in [5.41, 5.74) is 1.12. The van der Waals surface area contributed by atoms with E-state index in [4.69, 9.17) is 4.74 Å². The molecule has 2 saturated heterocycles. The maximum absolute atomic E-state index is 12.8. The Bertz CT molecular complexity index is 716. The standard InChI is InChI=1S/C19H24N4O2/c1-14-11-22(8-9-25-14)6-7-23-12-15(10-20)19(13-23)16-4-2-3-5-17(16)21-18(19)24/h2-5,14-15H,6-9,11-13H2,1H3,(H,21,24)/t14-,15+,19-/m1/s1. The Balaban J connectivity index is 1.50. The quantitative estimate of drug-likeness (QED) is 0.891. The summed E-state index contributed by atoms with van der Waals surface area (Å²) in [6, 6.07) is 10.2. The number of morpholine rings is 1. The van der Waals surface area contributed by atoms with Gasteiger partial charge >= 0.3 is 0 Å². The molecule has 0 unspecified atom stereocenters. The van der Waals surface area contributed by atoms with E-state index in [1.165, 1.54) is 0 Å². The SMILES string of the molecule is C[C@@H]1CN(CCN2C[C@H](C#N)[C@@]3(C2)C(=O)Nc2ccccc23)CCO1. The van der Waals surface area contributed by atoms with E-state index >= 15 is 0 Å². The summed E-state index contributed by atoms with van der Waals surface area (Å²) >= 11 is 0. The number of hydrogen-bond acceptors (Lipinski definition) is 5. The number of nitriles is 1. The Hall–Kier alpha value is -1.94. The van der Waals surface area contributed by atoms with Crippen LogP contribution in [-0.2, 0) is 14.9 Å². The third kappa shape index (κ3) is 2.73. The van der Waals surface area contributed by atoms with Crippen LogP contribution in [0.2, 0.25) is 0 Å². The van der Waals surface area contributed by atoms with Crippen LogP contribution in [0, 0.1) is 17.2 Å². The smallest absolute Gasteiger partial charge is 0.237 e. The fourth-order valence-corrected chi connectivity index (χ4v) is 4.48. The van der Waals surface area contributed by atoms with Gasteiger partial charge in [0.25, 0.3) is 0 Å². The molecule has 1 aromatic carbocycles. The molecule has 3 atom stereocenters. The van der Waals surface area contributed by atoms with E-state index in [1.54, 1.807) is 0 Å². The second-order valence-corrected chi connectivity index (χ2v) is 7.37. The number of nitrogens with zero attached hydrogens (tertiary/aromatic N) is 3. The minimum Gasteiger partial charge on any atom is -0.376 e. The number of hydrogen-bond donors (Lipinski definition) is 1. The van der Waals surface area contributed by atoms with Gasteiger partial charge in [0, 0.05) is 45.0 Å². The predicted octanol–water partition coefficient (Wildman–Crippen LogP) is 1.05. The van der Waals surface area contributed by atoms with Gasteiger partial charge in [-0.1, -0.05) is 18.2 Å². The van der Waals surface area contributed by atoms with Gasteiger partial charge in [-0.2, -0.15) is 5.26 Å². The molecule has 3 heterocycles. The maximum Gasteiger partial charge on any atom is 0.237 e. The summed E-state index contributed by atoms with van der Waals surface area (Å²) < 4.78 is 5.59. The zero-order valence-electron chi connectivity index (χ0n) is 14.6. The highest BCUT2D eigenvalue weighted by Crippen LogP contribution is 2.47. The number of fused-ring (bicyclic) bond motifs is 2. The Kier molecular flexibility index (Phi) is 4.24. The van der Waals surface area contributed by atoms with Crippen molar-refractivity contribution in [1.82, 2.24) is 9.80 Å². The number of anilines is 1. The van der Waals surface area contributed by atoms with Crippen LogP contribution < -0.4 is 5.32 Å². The summed E-state index contributed by atoms with van der Waals surface area (Å²) in [6.07, 6.45) is 0.276. The maximum atomic E-state index is 12.8. The largest absolute Gasteiger partial charge is 0.376 e. The highest BCUT2D eigenvalue weighted by Gasteiger charge is 2.57. The van der Waals surface area contributed by atoms with Crippen molar-refractivity contribution in [2.45, 2.75) is 18.4 Å². The molecule has 6 nitrogen and oxygen atoms in total. The Morgan fingerprint density at radius 3 is 2.92 bits per heavy atom. The fourth-order valence-electron chi connectivity index (χ4n) is 4.48. The van der Waals surface area contributed by atoms with E-state index in [1.807, 2.05) is 24.3 Å². The first kappa shape index (κ1) is 16.5. The van der Waals surface area contributed by atoms with Crippen molar-refractivity contribution in [3.8, 4) is 6.07 Å². The number of likely N-dealkylation sites (tertiary alicyclic amines) is 1. The number of benzene rings is 1. The fraction of sp³-hybridized carbons (Fsp3) is 0.579. The first-order chi connectivity index (χ1) is 12.1. The van der Waals surface area contributed by atoms with E-state index in [2.05, 4.69) is 28.1 Å². The first-order valence-corrected chi connectivity index (χ1v) is 9.00. The number of rotatable bonds is 3. The van der Waals surface area contributed by atoms with Crippen molar-refractivity contribution in [3.63, 3.8) is 0 Å². The van der Waals surface area contributed by atoms with Gasteiger partial charge in [0.1, 0.15) is 5.41 Å². The monoisotopic (exact) mass is 340 g/mol. The molecule has 2 fully saturated rings. The van der Waals surface area contributed by atoms with Gasteiger partial charge in [0.15, 0.2) is 0 Å². The Morgan fingerprint density at radius 1 is 1.32 bits per heavy atom. The minimum atomic E-state index is -0.719. The van der Waals surface area contributed by atoms with E-state index in [0.717, 1.165) is 44.0 Å². The van der Waals surface area contributed by atoms with E-state index in [-0.39, 0.29) is 17.9 Å². The van der Waals surface area contributed by atoms with Crippen LogP contribution >= 0.6 is 0 Å². The second kappa shape index (κ2) is 6.41. The summed E-state index contributed by atoms with van der Waals surface area (Å²) in [6.45, 7) is 7.88. The molecule has 1 aromatic rings. The van der Waals surface area contributed by atoms with Crippen LogP contribution in [0.5, 0.6) is 0 Å². The molecule has 132 valence electrons. The Labute approximate surface area is 148 Å². The second-order valence-electron chi connectivity index (χ2n) is 7.37. The Morgan fingerprint density at radius 2 is 2.12 bits per heavy atom. The average molecular weight is 340 g/mol. The third-order valence-electron chi connectivity index (χ3n) is 5.78. The number of nitrogens with one attached hydrogen (secondary N) is 1. The molecule has 0 bridgehead atoms. The van der Waals surface area contributed by atoms with Crippen molar-refractivity contribution in [3.05, 3.63) is 29.8 Å². The van der Waals surface area contributed by atoms with Crippen LogP contribution in [0.3, 0.4) is 0 Å². The van der Waals surface area contributed by atoms with Crippen LogP contribution in [0.4, 0.5) is 5.69 Å². The van der Waals surface area contributed by atoms with Gasteiger partial charge in [-0.3, -0.25) is 14.6 Å². The van der Waals surface area contributed by atoms with Gasteiger partial charge < -0.3 is 10.1 Å². The lowest BCUT2D eigenvalue weighted by Crippen LogP contribution is -2.45. The zero-order valence-corrected chi connectivity index (χ0v) is 14.6. The lowest BCUT2D eigenvalue weighted by atomic mass is 9.74. The van der Waals surface area contributed by atoms with E-state index in [9.17, 15) is 10.1 Å². The normalized spacial score (nSPS) is 32.6. The van der Waals surface area contributed by atoms with Gasteiger partial charge in [-0.15, -0.1) is 0 Å². The molecule has 1 amide bonds. The topological polar surface area (TPSA) is 68.6 Å². The molecule has 3 aliphatic heterocycles. The molecular weight excluding hydrogens is 316 g/mol. The molecule has 1 spiro atoms. The highest BCUT2D eigenvalue weighted by atomic mass is 16.5. The molecule has 25 heavy (non-hydrogen) atoms.